The lowest BCUT2D eigenvalue weighted by molar-refractivity contribution is -0.138. The summed E-state index contributed by atoms with van der Waals surface area (Å²) in [6.45, 7) is 9.89. The minimum Gasteiger partial charge on any atom is -0.462 e. The van der Waals surface area contributed by atoms with Gasteiger partial charge in [0.1, 0.15) is 0 Å². The van der Waals surface area contributed by atoms with Crippen LogP contribution < -0.4 is 0 Å². The summed E-state index contributed by atoms with van der Waals surface area (Å²) >= 11 is 0. The highest BCUT2D eigenvalue weighted by Crippen LogP contribution is 2.31. The second-order valence-corrected chi connectivity index (χ2v) is 9.19. The quantitative estimate of drug-likeness (QED) is 0.170. The van der Waals surface area contributed by atoms with Gasteiger partial charge in [-0.25, -0.2) is 4.79 Å². The van der Waals surface area contributed by atoms with Gasteiger partial charge >= 0.3 is 5.97 Å². The number of ether oxygens (including phenoxy) is 1. The van der Waals surface area contributed by atoms with E-state index in [1.54, 1.807) is 6.92 Å². The smallest absolute Gasteiger partial charge is 0.333 e. The number of unbranched alkanes of at least 4 members (excludes halogenated alkanes) is 2. The Hall–Kier alpha value is -3.17. The summed E-state index contributed by atoms with van der Waals surface area (Å²) in [6.07, 6.45) is 6.39. The van der Waals surface area contributed by atoms with E-state index in [0.29, 0.717) is 12.0 Å². The first-order valence-electron chi connectivity index (χ1n) is 12.7. The second kappa shape index (κ2) is 13.1. The third-order valence-corrected chi connectivity index (χ3v) is 6.48. The van der Waals surface area contributed by atoms with Crippen LogP contribution in [0.5, 0.6) is 0 Å². The van der Waals surface area contributed by atoms with Crippen LogP contribution in [0.2, 0.25) is 0 Å². The molecule has 3 heteroatoms. The summed E-state index contributed by atoms with van der Waals surface area (Å²) < 4.78 is 5.28. The van der Waals surface area contributed by atoms with Crippen LogP contribution in [0.4, 0.5) is 0 Å². The summed E-state index contributed by atoms with van der Waals surface area (Å²) in [7, 11) is 0. The van der Waals surface area contributed by atoms with Crippen LogP contribution in [-0.2, 0) is 35.4 Å². The standard InChI is InChI=1S/C32H38O3/c1-5-7-8-9-24-10-12-26(13-11-24)27-16-17-31(25(6-2)20-27)29-14-15-30(22-33)28(21-29)18-19-35-32(34)23(3)4/h10-17,20-21,33H,3,5-9,18-19,22H2,1-2,4H3. The average molecular weight is 471 g/mol. The molecule has 0 aromatic heterocycles. The Kier molecular flexibility index (Phi) is 9.86. The molecule has 3 aromatic rings. The fraction of sp³-hybridized carbons (Fsp3) is 0.344. The van der Waals surface area contributed by atoms with E-state index in [2.05, 4.69) is 75.0 Å². The topological polar surface area (TPSA) is 46.5 Å². The molecule has 3 rings (SSSR count). The van der Waals surface area contributed by atoms with Crippen molar-refractivity contribution >= 4 is 5.97 Å². The fourth-order valence-corrected chi connectivity index (χ4v) is 4.35. The Bertz CT molecular complexity index is 1140. The number of carbonyl (C=O) groups is 1. The van der Waals surface area contributed by atoms with Crippen LogP contribution in [-0.4, -0.2) is 17.7 Å². The maximum absolute atomic E-state index is 11.7. The number of aliphatic hydroxyl groups excluding tert-OH is 1. The molecule has 0 unspecified atom stereocenters. The van der Waals surface area contributed by atoms with Gasteiger partial charge in [0.15, 0.2) is 0 Å². The van der Waals surface area contributed by atoms with Crippen LogP contribution in [0.25, 0.3) is 22.3 Å². The summed E-state index contributed by atoms with van der Waals surface area (Å²) in [5, 5.41) is 9.80. The van der Waals surface area contributed by atoms with E-state index < -0.39 is 0 Å². The molecule has 0 heterocycles. The summed E-state index contributed by atoms with van der Waals surface area (Å²) in [4.78, 5) is 11.7. The molecule has 0 spiro atoms. The van der Waals surface area contributed by atoms with Gasteiger partial charge in [-0.15, -0.1) is 0 Å². The van der Waals surface area contributed by atoms with Crippen molar-refractivity contribution in [3.05, 3.63) is 95.1 Å². The maximum Gasteiger partial charge on any atom is 0.333 e. The SMILES string of the molecule is C=C(C)C(=O)OCCc1cc(-c2ccc(-c3ccc(CCCCC)cc3)cc2CC)ccc1CO. The highest BCUT2D eigenvalue weighted by molar-refractivity contribution is 5.86. The molecule has 0 aliphatic carbocycles. The zero-order valence-corrected chi connectivity index (χ0v) is 21.4. The number of rotatable bonds is 12. The van der Waals surface area contributed by atoms with Crippen molar-refractivity contribution < 1.29 is 14.6 Å². The molecule has 0 bridgehead atoms. The predicted molar refractivity (Wildman–Crippen MR) is 145 cm³/mol. The van der Waals surface area contributed by atoms with Crippen LogP contribution in [0.15, 0.2) is 72.8 Å². The molecule has 0 saturated carbocycles. The van der Waals surface area contributed by atoms with Crippen molar-refractivity contribution in [3.63, 3.8) is 0 Å². The fourth-order valence-electron chi connectivity index (χ4n) is 4.35. The Morgan fingerprint density at radius 2 is 1.51 bits per heavy atom. The average Bonchev–Trinajstić information content (AvgIpc) is 2.88. The van der Waals surface area contributed by atoms with Gasteiger partial charge in [0.2, 0.25) is 0 Å². The first-order chi connectivity index (χ1) is 17.0. The highest BCUT2D eigenvalue weighted by atomic mass is 16.5. The summed E-state index contributed by atoms with van der Waals surface area (Å²) in [5.41, 5.74) is 9.69. The number of esters is 1. The Morgan fingerprint density at radius 1 is 0.829 bits per heavy atom. The molecule has 3 nitrogen and oxygen atoms in total. The molecule has 0 amide bonds. The largest absolute Gasteiger partial charge is 0.462 e. The molecule has 0 saturated heterocycles. The van der Waals surface area contributed by atoms with Gasteiger partial charge in [-0.1, -0.05) is 93.9 Å². The van der Waals surface area contributed by atoms with Crippen molar-refractivity contribution in [1.82, 2.24) is 0 Å². The van der Waals surface area contributed by atoms with Gasteiger partial charge in [0.25, 0.3) is 0 Å². The van der Waals surface area contributed by atoms with Crippen LogP contribution in [0.1, 0.15) is 62.3 Å². The number of carbonyl (C=O) groups excluding carboxylic acids is 1. The zero-order valence-electron chi connectivity index (χ0n) is 21.4. The first-order valence-corrected chi connectivity index (χ1v) is 12.7. The van der Waals surface area contributed by atoms with Gasteiger partial charge in [-0.2, -0.15) is 0 Å². The number of hydrogen-bond donors (Lipinski definition) is 1. The lowest BCUT2D eigenvalue weighted by Crippen LogP contribution is -2.09. The maximum atomic E-state index is 11.7. The minimum atomic E-state index is -0.385. The second-order valence-electron chi connectivity index (χ2n) is 9.19. The van der Waals surface area contributed by atoms with E-state index in [1.165, 1.54) is 47.1 Å². The molecule has 0 atom stereocenters. The number of aliphatic hydroxyl groups is 1. The molecular weight excluding hydrogens is 432 g/mol. The molecule has 0 aliphatic rings. The monoisotopic (exact) mass is 470 g/mol. The zero-order chi connectivity index (χ0) is 25.2. The van der Waals surface area contributed by atoms with Crippen molar-refractivity contribution in [2.75, 3.05) is 6.61 Å². The molecule has 3 aromatic carbocycles. The van der Waals surface area contributed by atoms with Crippen LogP contribution >= 0.6 is 0 Å². The van der Waals surface area contributed by atoms with Crippen LogP contribution in [0.3, 0.4) is 0 Å². The summed E-state index contributed by atoms with van der Waals surface area (Å²) in [6, 6.07) is 21.8. The van der Waals surface area contributed by atoms with Gasteiger partial charge in [0.05, 0.1) is 13.2 Å². The van der Waals surface area contributed by atoms with Crippen molar-refractivity contribution in [2.24, 2.45) is 0 Å². The van der Waals surface area contributed by atoms with Gasteiger partial charge < -0.3 is 9.84 Å². The van der Waals surface area contributed by atoms with E-state index in [0.717, 1.165) is 29.5 Å². The van der Waals surface area contributed by atoms with E-state index in [4.69, 9.17) is 4.74 Å². The third kappa shape index (κ3) is 7.16. The van der Waals surface area contributed by atoms with E-state index in [1.807, 2.05) is 6.07 Å². The minimum absolute atomic E-state index is 0.0436. The van der Waals surface area contributed by atoms with E-state index >= 15 is 0 Å². The third-order valence-electron chi connectivity index (χ3n) is 6.48. The molecule has 0 fully saturated rings. The van der Waals surface area contributed by atoms with Crippen LogP contribution in [0, 0.1) is 0 Å². The van der Waals surface area contributed by atoms with Crippen molar-refractivity contribution in [3.8, 4) is 22.3 Å². The summed E-state index contributed by atoms with van der Waals surface area (Å²) in [5.74, 6) is -0.385. The molecule has 184 valence electrons. The van der Waals surface area contributed by atoms with Gasteiger partial charge in [0, 0.05) is 12.0 Å². The number of aryl methyl sites for hydroxylation is 2. The Morgan fingerprint density at radius 3 is 2.17 bits per heavy atom. The molecule has 35 heavy (non-hydrogen) atoms. The molecule has 1 N–H and O–H groups in total. The van der Waals surface area contributed by atoms with E-state index in [-0.39, 0.29) is 19.2 Å². The molecule has 0 aliphatic heterocycles. The normalized spacial score (nSPS) is 10.9. The lowest BCUT2D eigenvalue weighted by atomic mass is 9.91. The number of hydrogen-bond acceptors (Lipinski definition) is 3. The lowest BCUT2D eigenvalue weighted by Gasteiger charge is -2.15. The van der Waals surface area contributed by atoms with Gasteiger partial charge in [-0.3, -0.25) is 0 Å². The van der Waals surface area contributed by atoms with E-state index in [9.17, 15) is 9.90 Å². The number of benzene rings is 3. The molecular formula is C32H38O3. The van der Waals surface area contributed by atoms with Gasteiger partial charge in [-0.05, 0) is 70.7 Å². The highest BCUT2D eigenvalue weighted by Gasteiger charge is 2.11. The Labute approximate surface area is 210 Å². The van der Waals surface area contributed by atoms with Crippen molar-refractivity contribution in [1.29, 1.82) is 0 Å². The Balaban J connectivity index is 1.82. The molecule has 0 radical (unpaired) electrons. The predicted octanol–water partition coefficient (Wildman–Crippen LogP) is 7.47. The first kappa shape index (κ1) is 26.4. The van der Waals surface area contributed by atoms with Crippen molar-refractivity contribution in [2.45, 2.75) is 65.9 Å².